The molecule has 4 nitrogen and oxygen atoms in total. The van der Waals surface area contributed by atoms with E-state index in [2.05, 4.69) is 15.6 Å². The Kier molecular flexibility index (Phi) is 5.93. The number of amides is 1. The van der Waals surface area contributed by atoms with Crippen LogP contribution in [0.2, 0.25) is 0 Å². The van der Waals surface area contributed by atoms with Crippen LogP contribution in [0.1, 0.15) is 21.5 Å². The van der Waals surface area contributed by atoms with E-state index in [1.165, 1.54) is 12.3 Å². The minimum Gasteiger partial charge on any atom is -0.383 e. The van der Waals surface area contributed by atoms with Gasteiger partial charge >= 0.3 is 0 Å². The zero-order valence-corrected chi connectivity index (χ0v) is 14.3. The molecule has 1 amide bonds. The van der Waals surface area contributed by atoms with E-state index in [1.54, 1.807) is 24.4 Å². The average molecular weight is 349 g/mol. The number of carbonyl (C=O) groups is 1. The van der Waals surface area contributed by atoms with E-state index in [0.29, 0.717) is 30.6 Å². The highest BCUT2D eigenvalue weighted by Gasteiger charge is 2.07. The van der Waals surface area contributed by atoms with Gasteiger partial charge in [-0.05, 0) is 29.7 Å². The summed E-state index contributed by atoms with van der Waals surface area (Å²) in [7, 11) is 0. The van der Waals surface area contributed by atoms with Gasteiger partial charge in [0.15, 0.2) is 0 Å². The topological polar surface area (TPSA) is 54.0 Å². The van der Waals surface area contributed by atoms with Gasteiger partial charge in [-0.15, -0.1) is 0 Å². The second-order valence-corrected chi connectivity index (χ2v) is 5.90. The summed E-state index contributed by atoms with van der Waals surface area (Å²) in [5.74, 6) is -0.388. The SMILES string of the molecule is O=C(NCc1ccccc1)c1cncc(NCCc2ccccc2F)c1. The van der Waals surface area contributed by atoms with Gasteiger partial charge in [0.05, 0.1) is 11.3 Å². The highest BCUT2D eigenvalue weighted by molar-refractivity contribution is 5.94. The summed E-state index contributed by atoms with van der Waals surface area (Å²) in [5.41, 5.74) is 2.91. The van der Waals surface area contributed by atoms with E-state index in [9.17, 15) is 9.18 Å². The Labute approximate surface area is 152 Å². The van der Waals surface area contributed by atoms with Gasteiger partial charge in [0.2, 0.25) is 0 Å². The van der Waals surface area contributed by atoms with Crippen LogP contribution in [-0.4, -0.2) is 17.4 Å². The number of anilines is 1. The molecule has 2 N–H and O–H groups in total. The molecule has 1 heterocycles. The Morgan fingerprint density at radius 3 is 2.58 bits per heavy atom. The van der Waals surface area contributed by atoms with Crippen LogP contribution in [-0.2, 0) is 13.0 Å². The molecule has 0 saturated carbocycles. The molecule has 0 saturated heterocycles. The lowest BCUT2D eigenvalue weighted by Gasteiger charge is -2.09. The molecule has 0 atom stereocenters. The summed E-state index contributed by atoms with van der Waals surface area (Å²) in [4.78, 5) is 16.4. The lowest BCUT2D eigenvalue weighted by molar-refractivity contribution is 0.0950. The van der Waals surface area contributed by atoms with Crippen molar-refractivity contribution in [2.45, 2.75) is 13.0 Å². The fourth-order valence-corrected chi connectivity index (χ4v) is 2.58. The van der Waals surface area contributed by atoms with Gasteiger partial charge in [-0.1, -0.05) is 48.5 Å². The first-order valence-electron chi connectivity index (χ1n) is 8.47. The van der Waals surface area contributed by atoms with E-state index >= 15 is 0 Å². The van der Waals surface area contributed by atoms with Crippen molar-refractivity contribution in [1.82, 2.24) is 10.3 Å². The molecule has 3 rings (SSSR count). The maximum Gasteiger partial charge on any atom is 0.253 e. The summed E-state index contributed by atoms with van der Waals surface area (Å²) in [6.45, 7) is 1.02. The minimum atomic E-state index is -0.207. The number of halogens is 1. The lowest BCUT2D eigenvalue weighted by Crippen LogP contribution is -2.23. The van der Waals surface area contributed by atoms with Gasteiger partial charge < -0.3 is 10.6 Å². The highest BCUT2D eigenvalue weighted by atomic mass is 19.1. The van der Waals surface area contributed by atoms with Crippen molar-refractivity contribution in [3.8, 4) is 0 Å². The van der Waals surface area contributed by atoms with E-state index in [0.717, 1.165) is 11.3 Å². The average Bonchev–Trinajstić information content (AvgIpc) is 2.69. The molecule has 132 valence electrons. The van der Waals surface area contributed by atoms with Crippen molar-refractivity contribution < 1.29 is 9.18 Å². The Balaban J connectivity index is 1.54. The molecule has 3 aromatic rings. The van der Waals surface area contributed by atoms with E-state index in [-0.39, 0.29) is 11.7 Å². The molecule has 0 unspecified atom stereocenters. The number of nitrogens with one attached hydrogen (secondary N) is 2. The van der Waals surface area contributed by atoms with Crippen LogP contribution in [0.25, 0.3) is 0 Å². The summed E-state index contributed by atoms with van der Waals surface area (Å²) in [6.07, 6.45) is 3.73. The number of nitrogens with zero attached hydrogens (tertiary/aromatic N) is 1. The summed E-state index contributed by atoms with van der Waals surface area (Å²) in [6, 6.07) is 18.2. The van der Waals surface area contributed by atoms with E-state index < -0.39 is 0 Å². The molecule has 0 spiro atoms. The Bertz CT molecular complexity index is 868. The highest BCUT2D eigenvalue weighted by Crippen LogP contribution is 2.11. The number of pyridine rings is 1. The van der Waals surface area contributed by atoms with Crippen molar-refractivity contribution >= 4 is 11.6 Å². The van der Waals surface area contributed by atoms with Crippen LogP contribution in [0.15, 0.2) is 73.1 Å². The van der Waals surface area contributed by atoms with E-state index in [1.807, 2.05) is 36.4 Å². The largest absolute Gasteiger partial charge is 0.383 e. The molecule has 0 aliphatic carbocycles. The smallest absolute Gasteiger partial charge is 0.253 e. The Morgan fingerprint density at radius 1 is 1.00 bits per heavy atom. The molecule has 1 aromatic heterocycles. The first-order valence-corrected chi connectivity index (χ1v) is 8.47. The predicted molar refractivity (Wildman–Crippen MR) is 100 cm³/mol. The molecule has 0 aliphatic rings. The van der Waals surface area contributed by atoms with Gasteiger partial charge in [-0.3, -0.25) is 9.78 Å². The van der Waals surface area contributed by atoms with Gasteiger partial charge in [0.1, 0.15) is 5.82 Å². The Hall–Kier alpha value is -3.21. The van der Waals surface area contributed by atoms with Crippen molar-refractivity contribution in [1.29, 1.82) is 0 Å². The lowest BCUT2D eigenvalue weighted by atomic mass is 10.1. The zero-order chi connectivity index (χ0) is 18.2. The monoisotopic (exact) mass is 349 g/mol. The number of aromatic nitrogens is 1. The first kappa shape index (κ1) is 17.6. The number of rotatable bonds is 7. The maximum absolute atomic E-state index is 13.6. The molecule has 26 heavy (non-hydrogen) atoms. The van der Waals surface area contributed by atoms with Crippen molar-refractivity contribution in [3.05, 3.63) is 95.6 Å². The molecule has 0 radical (unpaired) electrons. The third-order valence-corrected chi connectivity index (χ3v) is 3.98. The normalized spacial score (nSPS) is 10.3. The summed E-state index contributed by atoms with van der Waals surface area (Å²) in [5, 5.41) is 6.06. The first-order chi connectivity index (χ1) is 12.7. The van der Waals surface area contributed by atoms with Crippen LogP contribution >= 0.6 is 0 Å². The van der Waals surface area contributed by atoms with Crippen molar-refractivity contribution in [3.63, 3.8) is 0 Å². The minimum absolute atomic E-state index is 0.181. The van der Waals surface area contributed by atoms with Crippen LogP contribution in [0.4, 0.5) is 10.1 Å². The van der Waals surface area contributed by atoms with Crippen molar-refractivity contribution in [2.75, 3.05) is 11.9 Å². The standard InChI is InChI=1S/C21H20FN3O/c22-20-9-5-4-8-17(20)10-11-24-19-12-18(14-23-15-19)21(26)25-13-16-6-2-1-3-7-16/h1-9,12,14-15,24H,10-11,13H2,(H,25,26). The molecule has 5 heteroatoms. The molecular formula is C21H20FN3O. The van der Waals surface area contributed by atoms with Crippen molar-refractivity contribution in [2.24, 2.45) is 0 Å². The van der Waals surface area contributed by atoms with Crippen LogP contribution < -0.4 is 10.6 Å². The van der Waals surface area contributed by atoms with E-state index in [4.69, 9.17) is 0 Å². The van der Waals surface area contributed by atoms with Crippen LogP contribution in [0.5, 0.6) is 0 Å². The second kappa shape index (κ2) is 8.76. The Morgan fingerprint density at radius 2 is 1.77 bits per heavy atom. The molecule has 0 aliphatic heterocycles. The van der Waals surface area contributed by atoms with Gasteiger partial charge in [-0.25, -0.2) is 4.39 Å². The van der Waals surface area contributed by atoms with Crippen LogP contribution in [0.3, 0.4) is 0 Å². The molecule has 0 bridgehead atoms. The fourth-order valence-electron chi connectivity index (χ4n) is 2.58. The molecule has 2 aromatic carbocycles. The third kappa shape index (κ3) is 4.89. The van der Waals surface area contributed by atoms with Crippen LogP contribution in [0, 0.1) is 5.82 Å². The molecular weight excluding hydrogens is 329 g/mol. The number of benzene rings is 2. The summed E-state index contributed by atoms with van der Waals surface area (Å²) < 4.78 is 13.6. The predicted octanol–water partition coefficient (Wildman–Crippen LogP) is 3.81. The van der Waals surface area contributed by atoms with Gasteiger partial charge in [0.25, 0.3) is 5.91 Å². The van der Waals surface area contributed by atoms with Gasteiger partial charge in [-0.2, -0.15) is 0 Å². The second-order valence-electron chi connectivity index (χ2n) is 5.90. The summed E-state index contributed by atoms with van der Waals surface area (Å²) >= 11 is 0. The maximum atomic E-state index is 13.6. The zero-order valence-electron chi connectivity index (χ0n) is 14.3. The quantitative estimate of drug-likeness (QED) is 0.682. The fraction of sp³-hybridized carbons (Fsp3) is 0.143. The third-order valence-electron chi connectivity index (χ3n) is 3.98. The molecule has 0 fully saturated rings. The van der Waals surface area contributed by atoms with Gasteiger partial charge in [0, 0.05) is 25.5 Å². The number of hydrogen-bond acceptors (Lipinski definition) is 3. The number of hydrogen-bond donors (Lipinski definition) is 2. The number of carbonyl (C=O) groups excluding carboxylic acids is 1.